The van der Waals surface area contributed by atoms with Gasteiger partial charge in [0.25, 0.3) is 5.91 Å². The van der Waals surface area contributed by atoms with E-state index in [4.69, 9.17) is 12.2 Å². The molecule has 0 N–H and O–H groups in total. The van der Waals surface area contributed by atoms with Crippen LogP contribution in [0.1, 0.15) is 27.8 Å². The number of thioether (sulfide) groups is 1. The normalized spacial score (nSPS) is 16.6. The number of rotatable bonds is 4. The van der Waals surface area contributed by atoms with Crippen LogP contribution in [0.5, 0.6) is 0 Å². The lowest BCUT2D eigenvalue weighted by Crippen LogP contribution is -2.27. The molecule has 2 nitrogen and oxygen atoms in total. The molecule has 0 spiro atoms. The van der Waals surface area contributed by atoms with Crippen LogP contribution in [0.3, 0.4) is 0 Å². The van der Waals surface area contributed by atoms with Gasteiger partial charge in [0, 0.05) is 9.75 Å². The summed E-state index contributed by atoms with van der Waals surface area (Å²) >= 11 is 8.51. The summed E-state index contributed by atoms with van der Waals surface area (Å²) in [6.07, 6.45) is 2.98. The van der Waals surface area contributed by atoms with Crippen molar-refractivity contribution in [3.8, 4) is 0 Å². The lowest BCUT2D eigenvalue weighted by Gasteiger charge is -2.14. The molecule has 0 unspecified atom stereocenters. The molecular weight excluding hydrogens is 342 g/mol. The van der Waals surface area contributed by atoms with Gasteiger partial charge < -0.3 is 0 Å². The molecule has 1 amide bonds. The second-order valence-corrected chi connectivity index (χ2v) is 8.29. The molecule has 1 fully saturated rings. The van der Waals surface area contributed by atoms with Gasteiger partial charge in [-0.2, -0.15) is 0 Å². The molecule has 23 heavy (non-hydrogen) atoms. The minimum Gasteiger partial charge on any atom is -0.288 e. The second kappa shape index (κ2) is 6.99. The maximum absolute atomic E-state index is 12.6. The Hall–Kier alpha value is -1.43. The van der Waals surface area contributed by atoms with Crippen LogP contribution in [0.15, 0.2) is 41.3 Å². The van der Waals surface area contributed by atoms with Gasteiger partial charge in [-0.15, -0.1) is 11.3 Å². The lowest BCUT2D eigenvalue weighted by atomic mass is 10.1. The highest BCUT2D eigenvalue weighted by Crippen LogP contribution is 2.34. The zero-order valence-electron chi connectivity index (χ0n) is 13.0. The fourth-order valence-corrected chi connectivity index (χ4v) is 4.52. The van der Waals surface area contributed by atoms with Crippen molar-refractivity contribution in [1.82, 2.24) is 4.90 Å². The highest BCUT2D eigenvalue weighted by Gasteiger charge is 2.32. The van der Waals surface area contributed by atoms with E-state index < -0.39 is 0 Å². The number of carbonyl (C=O) groups is 1. The minimum atomic E-state index is 0.00650. The average Bonchev–Trinajstić information content (AvgIpc) is 3.09. The summed E-state index contributed by atoms with van der Waals surface area (Å²) in [6.45, 7) is 4.72. The van der Waals surface area contributed by atoms with Gasteiger partial charge in [-0.1, -0.05) is 60.7 Å². The monoisotopic (exact) mass is 359 g/mol. The standard InChI is InChI=1S/C18H17NOS3/c1-3-14-8-9-15(22-14)10-16-17(20)19(18(21)23-16)11-13-6-4-12(2)5-7-13/h4-10H,3,11H2,1-2H3. The maximum atomic E-state index is 12.6. The number of benzene rings is 1. The highest BCUT2D eigenvalue weighted by molar-refractivity contribution is 8.26. The molecule has 0 aliphatic carbocycles. The number of nitrogens with zero attached hydrogens (tertiary/aromatic N) is 1. The van der Waals surface area contributed by atoms with Crippen molar-refractivity contribution in [2.75, 3.05) is 0 Å². The van der Waals surface area contributed by atoms with E-state index in [0.717, 1.165) is 16.9 Å². The fourth-order valence-electron chi connectivity index (χ4n) is 2.30. The van der Waals surface area contributed by atoms with E-state index in [9.17, 15) is 4.79 Å². The van der Waals surface area contributed by atoms with Crippen molar-refractivity contribution in [1.29, 1.82) is 0 Å². The van der Waals surface area contributed by atoms with Gasteiger partial charge in [0.15, 0.2) is 0 Å². The maximum Gasteiger partial charge on any atom is 0.266 e. The van der Waals surface area contributed by atoms with E-state index in [-0.39, 0.29) is 5.91 Å². The molecule has 2 aromatic rings. The summed E-state index contributed by atoms with van der Waals surface area (Å²) < 4.78 is 0.633. The van der Waals surface area contributed by atoms with E-state index in [1.165, 1.54) is 22.2 Å². The molecular formula is C18H17NOS3. The van der Waals surface area contributed by atoms with Crippen LogP contribution in [0.2, 0.25) is 0 Å². The van der Waals surface area contributed by atoms with Crippen molar-refractivity contribution in [2.45, 2.75) is 26.8 Å². The zero-order chi connectivity index (χ0) is 16.4. The summed E-state index contributed by atoms with van der Waals surface area (Å²) in [7, 11) is 0. The number of hydrogen-bond donors (Lipinski definition) is 0. The van der Waals surface area contributed by atoms with E-state index in [0.29, 0.717) is 15.8 Å². The largest absolute Gasteiger partial charge is 0.288 e. The van der Waals surface area contributed by atoms with Crippen LogP contribution in [0.25, 0.3) is 6.08 Å². The smallest absolute Gasteiger partial charge is 0.266 e. The molecule has 118 valence electrons. The number of carbonyl (C=O) groups excluding carboxylic acids is 1. The quantitative estimate of drug-likeness (QED) is 0.565. The van der Waals surface area contributed by atoms with Gasteiger partial charge in [-0.05, 0) is 37.1 Å². The summed E-state index contributed by atoms with van der Waals surface area (Å²) in [4.78, 5) is 17.5. The molecule has 0 radical (unpaired) electrons. The van der Waals surface area contributed by atoms with Crippen LogP contribution >= 0.6 is 35.3 Å². The first-order valence-corrected chi connectivity index (χ1v) is 9.50. The Bertz CT molecular complexity index is 774. The summed E-state index contributed by atoms with van der Waals surface area (Å²) in [6, 6.07) is 12.4. The Balaban J connectivity index is 1.78. The van der Waals surface area contributed by atoms with E-state index in [1.54, 1.807) is 16.2 Å². The van der Waals surface area contributed by atoms with Gasteiger partial charge >= 0.3 is 0 Å². The average molecular weight is 360 g/mol. The molecule has 0 saturated carbocycles. The van der Waals surface area contributed by atoms with Crippen LogP contribution in [0, 0.1) is 6.92 Å². The topological polar surface area (TPSA) is 20.3 Å². The van der Waals surface area contributed by atoms with Crippen LogP contribution in [-0.4, -0.2) is 15.1 Å². The molecule has 1 aromatic heterocycles. The molecule has 3 rings (SSSR count). The zero-order valence-corrected chi connectivity index (χ0v) is 15.5. The van der Waals surface area contributed by atoms with Crippen molar-refractivity contribution >= 4 is 51.6 Å². The second-order valence-electron chi connectivity index (χ2n) is 5.41. The van der Waals surface area contributed by atoms with Crippen LogP contribution in [-0.2, 0) is 17.8 Å². The summed E-state index contributed by atoms with van der Waals surface area (Å²) in [5, 5.41) is 0. The molecule has 5 heteroatoms. The van der Waals surface area contributed by atoms with Gasteiger partial charge in [0.1, 0.15) is 4.32 Å². The van der Waals surface area contributed by atoms with E-state index >= 15 is 0 Å². The number of amides is 1. The fraction of sp³-hybridized carbons (Fsp3) is 0.222. The van der Waals surface area contributed by atoms with Gasteiger partial charge in [0.2, 0.25) is 0 Å². The summed E-state index contributed by atoms with van der Waals surface area (Å²) in [5.74, 6) is 0.00650. The van der Waals surface area contributed by atoms with Crippen molar-refractivity contribution in [2.24, 2.45) is 0 Å². The molecule has 1 aromatic carbocycles. The third-order valence-electron chi connectivity index (χ3n) is 3.64. The van der Waals surface area contributed by atoms with Gasteiger partial charge in [-0.25, -0.2) is 0 Å². The molecule has 1 aliphatic rings. The molecule has 1 saturated heterocycles. The van der Waals surface area contributed by atoms with Crippen LogP contribution < -0.4 is 0 Å². The Morgan fingerprint density at radius 3 is 2.57 bits per heavy atom. The highest BCUT2D eigenvalue weighted by atomic mass is 32.2. The predicted molar refractivity (Wildman–Crippen MR) is 104 cm³/mol. The first-order chi connectivity index (χ1) is 11.1. The van der Waals surface area contributed by atoms with E-state index in [1.807, 2.05) is 18.2 Å². The molecule has 1 aliphatic heterocycles. The number of thiocarbonyl (C=S) groups is 1. The minimum absolute atomic E-state index is 0.00650. The number of aryl methyl sites for hydroxylation is 2. The Kier molecular flexibility index (Phi) is 4.99. The lowest BCUT2D eigenvalue weighted by molar-refractivity contribution is -0.122. The van der Waals surface area contributed by atoms with E-state index in [2.05, 4.69) is 38.1 Å². The third-order valence-corrected chi connectivity index (χ3v) is 6.19. The number of hydrogen-bond acceptors (Lipinski definition) is 4. The van der Waals surface area contributed by atoms with Gasteiger partial charge in [0.05, 0.1) is 11.4 Å². The predicted octanol–water partition coefficient (Wildman–Crippen LogP) is 5.02. The van der Waals surface area contributed by atoms with Crippen molar-refractivity contribution in [3.05, 3.63) is 62.2 Å². The Labute approximate surface area is 150 Å². The Morgan fingerprint density at radius 2 is 1.91 bits per heavy atom. The summed E-state index contributed by atoms with van der Waals surface area (Å²) in [5.41, 5.74) is 2.31. The SMILES string of the molecule is CCc1ccc(C=C2SC(=S)N(Cc3ccc(C)cc3)C2=O)s1. The third kappa shape index (κ3) is 3.74. The van der Waals surface area contributed by atoms with Gasteiger partial charge in [-0.3, -0.25) is 9.69 Å². The van der Waals surface area contributed by atoms with Crippen molar-refractivity contribution < 1.29 is 4.79 Å². The van der Waals surface area contributed by atoms with Crippen LogP contribution in [0.4, 0.5) is 0 Å². The Morgan fingerprint density at radius 1 is 1.17 bits per heavy atom. The first kappa shape index (κ1) is 16.4. The number of thiophene rings is 1. The molecule has 0 atom stereocenters. The molecule has 2 heterocycles. The van der Waals surface area contributed by atoms with Crippen molar-refractivity contribution in [3.63, 3.8) is 0 Å². The first-order valence-electron chi connectivity index (χ1n) is 7.46. The molecule has 0 bridgehead atoms.